The summed E-state index contributed by atoms with van der Waals surface area (Å²) in [5, 5.41) is 14.3. The Bertz CT molecular complexity index is 501. The minimum atomic E-state index is -1.09. The van der Waals surface area contributed by atoms with E-state index in [0.717, 1.165) is 6.42 Å². The van der Waals surface area contributed by atoms with E-state index in [1.807, 2.05) is 0 Å². The van der Waals surface area contributed by atoms with Crippen molar-refractivity contribution in [2.75, 3.05) is 18.5 Å². The quantitative estimate of drug-likeness (QED) is 0.792. The average molecular weight is 329 g/mol. The first-order chi connectivity index (χ1) is 9.06. The van der Waals surface area contributed by atoms with E-state index in [9.17, 15) is 9.59 Å². The highest BCUT2D eigenvalue weighted by molar-refractivity contribution is 9.10. The predicted octanol–water partition coefficient (Wildman–Crippen LogP) is 2.06. The molecule has 2 rings (SSSR count). The van der Waals surface area contributed by atoms with Crippen molar-refractivity contribution in [2.45, 2.75) is 12.5 Å². The summed E-state index contributed by atoms with van der Waals surface area (Å²) in [5.41, 5.74) is 0.291. The number of carbonyl (C=O) groups excluding carboxylic acids is 1. The van der Waals surface area contributed by atoms with E-state index in [-0.39, 0.29) is 17.3 Å². The first-order valence-electron chi connectivity index (χ1n) is 5.74. The number of nitrogens with one attached hydrogen (secondary N) is 2. The molecule has 0 radical (unpaired) electrons. The number of carboxylic acids is 1. The summed E-state index contributed by atoms with van der Waals surface area (Å²) >= 11 is 3.24. The van der Waals surface area contributed by atoms with Crippen LogP contribution in [-0.4, -0.2) is 36.4 Å². The molecule has 7 heteroatoms. The Morgan fingerprint density at radius 1 is 1.42 bits per heavy atom. The van der Waals surface area contributed by atoms with Crippen LogP contribution in [0.3, 0.4) is 0 Å². The molecule has 1 fully saturated rings. The number of rotatable bonds is 3. The van der Waals surface area contributed by atoms with Crippen LogP contribution in [0.4, 0.5) is 10.5 Å². The van der Waals surface area contributed by atoms with Crippen LogP contribution in [0.2, 0.25) is 0 Å². The highest BCUT2D eigenvalue weighted by Gasteiger charge is 2.19. The number of carbonyl (C=O) groups is 2. The highest BCUT2D eigenvalue weighted by Crippen LogP contribution is 2.21. The summed E-state index contributed by atoms with van der Waals surface area (Å²) < 4.78 is 5.84. The van der Waals surface area contributed by atoms with Crippen LogP contribution in [0.15, 0.2) is 22.7 Å². The third-order valence-electron chi connectivity index (χ3n) is 2.73. The Labute approximate surface area is 118 Å². The van der Waals surface area contributed by atoms with Gasteiger partial charge in [0.05, 0.1) is 23.9 Å². The Balaban J connectivity index is 2.06. The second kappa shape index (κ2) is 6.03. The molecule has 3 N–H and O–H groups in total. The van der Waals surface area contributed by atoms with Gasteiger partial charge in [0.1, 0.15) is 0 Å². The minimum Gasteiger partial charge on any atom is -0.478 e. The normalized spacial score (nSPS) is 18.1. The summed E-state index contributed by atoms with van der Waals surface area (Å²) in [6.45, 7) is 1.11. The molecule has 1 aliphatic rings. The van der Waals surface area contributed by atoms with Crippen LogP contribution >= 0.6 is 15.9 Å². The molecule has 102 valence electrons. The van der Waals surface area contributed by atoms with Crippen molar-refractivity contribution in [3.8, 4) is 0 Å². The van der Waals surface area contributed by atoms with Crippen LogP contribution < -0.4 is 10.6 Å². The monoisotopic (exact) mass is 328 g/mol. The number of urea groups is 1. The number of aromatic carboxylic acids is 1. The van der Waals surface area contributed by atoms with Crippen LogP contribution in [0.25, 0.3) is 0 Å². The predicted molar refractivity (Wildman–Crippen MR) is 72.5 cm³/mol. The highest BCUT2D eigenvalue weighted by atomic mass is 79.9. The van der Waals surface area contributed by atoms with Gasteiger partial charge in [-0.25, -0.2) is 9.59 Å². The smallest absolute Gasteiger partial charge is 0.337 e. The van der Waals surface area contributed by atoms with Gasteiger partial charge in [-0.3, -0.25) is 0 Å². The lowest BCUT2D eigenvalue weighted by Crippen LogP contribution is -2.38. The number of amides is 2. The molecule has 0 spiro atoms. The molecule has 1 aromatic carbocycles. The van der Waals surface area contributed by atoms with Gasteiger partial charge in [-0.15, -0.1) is 0 Å². The average Bonchev–Trinajstić information content (AvgIpc) is 2.81. The molecule has 2 amide bonds. The van der Waals surface area contributed by atoms with Crippen LogP contribution in [0.5, 0.6) is 0 Å². The van der Waals surface area contributed by atoms with Gasteiger partial charge in [-0.05, 0) is 24.6 Å². The topological polar surface area (TPSA) is 87.7 Å². The zero-order valence-electron chi connectivity index (χ0n) is 9.98. The first-order valence-corrected chi connectivity index (χ1v) is 6.53. The molecule has 1 atom stereocenters. The molecule has 1 heterocycles. The number of halogens is 1. The number of hydrogen-bond donors (Lipinski definition) is 3. The Morgan fingerprint density at radius 3 is 2.84 bits per heavy atom. The molecule has 1 saturated heterocycles. The van der Waals surface area contributed by atoms with E-state index in [1.54, 1.807) is 12.1 Å². The van der Waals surface area contributed by atoms with Crippen molar-refractivity contribution in [3.05, 3.63) is 28.2 Å². The molecule has 0 aromatic heterocycles. The minimum absolute atomic E-state index is 0.0274. The zero-order valence-corrected chi connectivity index (χ0v) is 11.6. The van der Waals surface area contributed by atoms with Gasteiger partial charge >= 0.3 is 12.0 Å². The number of hydrogen-bond acceptors (Lipinski definition) is 3. The standard InChI is InChI=1S/C12H13BrN2O4/c13-7-1-2-9(11(16)17)10(5-7)15-12(18)14-8-3-4-19-6-8/h1-2,5,8H,3-4,6H2,(H,16,17)(H2,14,15,18). The van der Waals surface area contributed by atoms with E-state index < -0.39 is 12.0 Å². The van der Waals surface area contributed by atoms with E-state index in [1.165, 1.54) is 6.07 Å². The van der Waals surface area contributed by atoms with Gasteiger partial charge in [-0.2, -0.15) is 0 Å². The Morgan fingerprint density at radius 2 is 2.21 bits per heavy atom. The summed E-state index contributed by atoms with van der Waals surface area (Å²) in [6, 6.07) is 4.13. The number of ether oxygens (including phenoxy) is 1. The Hall–Kier alpha value is -1.60. The molecular weight excluding hydrogens is 316 g/mol. The lowest BCUT2D eigenvalue weighted by Gasteiger charge is -2.13. The third-order valence-corrected chi connectivity index (χ3v) is 3.22. The maximum absolute atomic E-state index is 11.8. The van der Waals surface area contributed by atoms with Crippen LogP contribution in [0.1, 0.15) is 16.8 Å². The molecule has 19 heavy (non-hydrogen) atoms. The molecule has 1 aliphatic heterocycles. The molecule has 1 aromatic rings. The lowest BCUT2D eigenvalue weighted by atomic mass is 10.2. The fourth-order valence-electron chi connectivity index (χ4n) is 1.80. The number of carboxylic acid groups (broad SMARTS) is 1. The largest absolute Gasteiger partial charge is 0.478 e. The van der Waals surface area contributed by atoms with Gasteiger partial charge in [0.2, 0.25) is 0 Å². The summed E-state index contributed by atoms with van der Waals surface area (Å²) in [4.78, 5) is 22.8. The van der Waals surface area contributed by atoms with Crippen molar-refractivity contribution in [3.63, 3.8) is 0 Å². The van der Waals surface area contributed by atoms with Crippen LogP contribution in [-0.2, 0) is 4.74 Å². The molecular formula is C12H13BrN2O4. The van der Waals surface area contributed by atoms with E-state index >= 15 is 0 Å². The molecule has 1 unspecified atom stereocenters. The molecule has 6 nitrogen and oxygen atoms in total. The van der Waals surface area contributed by atoms with E-state index in [0.29, 0.717) is 17.7 Å². The maximum atomic E-state index is 11.8. The second-order valence-electron chi connectivity index (χ2n) is 4.15. The fraction of sp³-hybridized carbons (Fsp3) is 0.333. The van der Waals surface area contributed by atoms with Crippen LogP contribution in [0, 0.1) is 0 Å². The van der Waals surface area contributed by atoms with Crippen molar-refractivity contribution in [1.29, 1.82) is 0 Å². The van der Waals surface area contributed by atoms with Crippen molar-refractivity contribution in [2.24, 2.45) is 0 Å². The summed E-state index contributed by atoms with van der Waals surface area (Å²) in [7, 11) is 0. The SMILES string of the molecule is O=C(Nc1cc(Br)ccc1C(=O)O)NC1CCOC1. The fourth-order valence-corrected chi connectivity index (χ4v) is 2.16. The third kappa shape index (κ3) is 3.68. The maximum Gasteiger partial charge on any atom is 0.337 e. The van der Waals surface area contributed by atoms with Crippen molar-refractivity contribution < 1.29 is 19.4 Å². The summed E-state index contributed by atoms with van der Waals surface area (Å²) in [6.07, 6.45) is 0.762. The molecule has 0 saturated carbocycles. The van der Waals surface area contributed by atoms with Crippen molar-refractivity contribution in [1.82, 2.24) is 5.32 Å². The Kier molecular flexibility index (Phi) is 4.39. The van der Waals surface area contributed by atoms with Gasteiger partial charge in [0.15, 0.2) is 0 Å². The second-order valence-corrected chi connectivity index (χ2v) is 5.07. The molecule has 0 bridgehead atoms. The first kappa shape index (κ1) is 13.8. The summed E-state index contributed by atoms with van der Waals surface area (Å²) in [5.74, 6) is -1.09. The molecule has 0 aliphatic carbocycles. The zero-order chi connectivity index (χ0) is 13.8. The van der Waals surface area contributed by atoms with E-state index in [4.69, 9.17) is 9.84 Å². The number of benzene rings is 1. The van der Waals surface area contributed by atoms with Crippen molar-refractivity contribution >= 4 is 33.6 Å². The van der Waals surface area contributed by atoms with Gasteiger partial charge in [-0.1, -0.05) is 15.9 Å². The van der Waals surface area contributed by atoms with E-state index in [2.05, 4.69) is 26.6 Å². The van der Waals surface area contributed by atoms with Gasteiger partial charge < -0.3 is 20.5 Å². The lowest BCUT2D eigenvalue weighted by molar-refractivity contribution is 0.0698. The number of anilines is 1. The van der Waals surface area contributed by atoms with Gasteiger partial charge in [0.25, 0.3) is 0 Å². The van der Waals surface area contributed by atoms with Gasteiger partial charge in [0, 0.05) is 11.1 Å².